The molecule has 1 aromatic rings. The Hall–Kier alpha value is -1.06. The van der Waals surface area contributed by atoms with Crippen molar-refractivity contribution in [1.29, 1.82) is 0 Å². The lowest BCUT2D eigenvalue weighted by Gasteiger charge is -2.41. The van der Waals surface area contributed by atoms with Crippen molar-refractivity contribution in [3.05, 3.63) is 29.3 Å². The minimum atomic E-state index is -0.385. The van der Waals surface area contributed by atoms with Crippen LogP contribution in [0.3, 0.4) is 0 Å². The van der Waals surface area contributed by atoms with E-state index < -0.39 is 0 Å². The number of methoxy groups -OCH3 is 1. The van der Waals surface area contributed by atoms with Gasteiger partial charge in [-0.15, -0.1) is 0 Å². The Kier molecular flexibility index (Phi) is 4.51. The molecule has 0 amide bonds. The normalized spacial score (nSPS) is 25.5. The number of hydrogen-bond donors (Lipinski definition) is 1. The molecule has 2 unspecified atom stereocenters. The first kappa shape index (κ1) is 14.9. The second-order valence-electron chi connectivity index (χ2n) is 6.50. The maximum Gasteiger partial charge on any atom is 0.119 e. The van der Waals surface area contributed by atoms with E-state index >= 15 is 0 Å². The molecular weight excluding hydrogens is 262 g/mol. The number of fused-ring (bicyclic) bond motifs is 1. The van der Waals surface area contributed by atoms with Crippen LogP contribution in [0, 0.1) is 5.92 Å². The number of nitrogens with zero attached hydrogens (tertiary/aromatic N) is 1. The Morgan fingerprint density at radius 1 is 1.29 bits per heavy atom. The molecule has 1 fully saturated rings. The summed E-state index contributed by atoms with van der Waals surface area (Å²) in [5.41, 5.74) is 2.34. The zero-order valence-electron chi connectivity index (χ0n) is 13.2. The van der Waals surface area contributed by atoms with E-state index in [0.29, 0.717) is 0 Å². The molecule has 21 heavy (non-hydrogen) atoms. The summed E-state index contributed by atoms with van der Waals surface area (Å²) in [4.78, 5) is 2.50. The highest BCUT2D eigenvalue weighted by molar-refractivity contribution is 5.39. The predicted octanol–water partition coefficient (Wildman–Crippen LogP) is 3.17. The van der Waals surface area contributed by atoms with E-state index in [0.717, 1.165) is 43.2 Å². The molecule has 2 aliphatic carbocycles. The zero-order valence-corrected chi connectivity index (χ0v) is 13.2. The molecule has 0 aromatic heterocycles. The first-order chi connectivity index (χ1) is 10.2. The van der Waals surface area contributed by atoms with E-state index in [1.165, 1.54) is 24.8 Å². The summed E-state index contributed by atoms with van der Waals surface area (Å²) >= 11 is 0. The van der Waals surface area contributed by atoms with E-state index in [1.807, 2.05) is 12.1 Å². The molecule has 1 N–H and O–H groups in total. The number of aliphatic hydroxyl groups is 1. The smallest absolute Gasteiger partial charge is 0.119 e. The van der Waals surface area contributed by atoms with Crippen LogP contribution in [-0.2, 0) is 6.42 Å². The minimum Gasteiger partial charge on any atom is -0.497 e. The summed E-state index contributed by atoms with van der Waals surface area (Å²) in [7, 11) is 1.68. The van der Waals surface area contributed by atoms with Crippen molar-refractivity contribution in [3.63, 3.8) is 0 Å². The maximum absolute atomic E-state index is 10.8. The van der Waals surface area contributed by atoms with E-state index in [-0.39, 0.29) is 12.1 Å². The number of likely N-dealkylation sites (N-methyl/N-ethyl adjacent to an activating group) is 1. The van der Waals surface area contributed by atoms with Gasteiger partial charge in [0.2, 0.25) is 0 Å². The fraction of sp³-hybridized carbons (Fsp3) is 0.667. The van der Waals surface area contributed by atoms with Gasteiger partial charge in [-0.05, 0) is 61.4 Å². The Morgan fingerprint density at radius 3 is 2.71 bits per heavy atom. The topological polar surface area (TPSA) is 32.7 Å². The highest BCUT2D eigenvalue weighted by Crippen LogP contribution is 2.36. The van der Waals surface area contributed by atoms with Gasteiger partial charge in [0.05, 0.1) is 13.2 Å². The molecule has 3 nitrogen and oxygen atoms in total. The van der Waals surface area contributed by atoms with Crippen molar-refractivity contribution in [2.24, 2.45) is 5.92 Å². The van der Waals surface area contributed by atoms with Crippen LogP contribution in [0.5, 0.6) is 5.75 Å². The molecule has 2 aliphatic rings. The van der Waals surface area contributed by atoms with Gasteiger partial charge in [0, 0.05) is 12.6 Å². The molecule has 0 heterocycles. The third-order valence-corrected chi connectivity index (χ3v) is 5.34. The number of aryl methyl sites for hydroxylation is 1. The fourth-order valence-electron chi connectivity index (χ4n) is 3.76. The van der Waals surface area contributed by atoms with Crippen LogP contribution < -0.4 is 4.74 Å². The van der Waals surface area contributed by atoms with Crippen LogP contribution in [0.1, 0.15) is 49.8 Å². The number of aliphatic hydroxyl groups excluding tert-OH is 1. The first-order valence-electron chi connectivity index (χ1n) is 8.31. The molecule has 0 saturated heterocycles. The zero-order chi connectivity index (χ0) is 14.8. The van der Waals surface area contributed by atoms with E-state index in [1.54, 1.807) is 7.11 Å². The third-order valence-electron chi connectivity index (χ3n) is 5.34. The molecule has 116 valence electrons. The molecule has 2 atom stereocenters. The summed E-state index contributed by atoms with van der Waals surface area (Å²) in [5, 5.41) is 10.8. The highest BCUT2D eigenvalue weighted by Gasteiger charge is 2.33. The predicted molar refractivity (Wildman–Crippen MR) is 84.7 cm³/mol. The number of rotatable bonds is 5. The fourth-order valence-corrected chi connectivity index (χ4v) is 3.76. The standard InChI is InChI=1S/C18H27NO2/c1-3-19(12-13-5-4-6-13)17-10-8-14-7-9-15(21-2)11-16(14)18(17)20/h7,9,11,13,17-18,20H,3-6,8,10,12H2,1-2H3. The Balaban J connectivity index is 1.77. The summed E-state index contributed by atoms with van der Waals surface area (Å²) in [6, 6.07) is 6.38. The molecule has 0 aliphatic heterocycles. The molecule has 0 spiro atoms. The quantitative estimate of drug-likeness (QED) is 0.904. The molecule has 1 saturated carbocycles. The summed E-state index contributed by atoms with van der Waals surface area (Å²) in [6.07, 6.45) is 5.84. The number of hydrogen-bond acceptors (Lipinski definition) is 3. The first-order valence-corrected chi connectivity index (χ1v) is 8.31. The molecule has 0 radical (unpaired) electrons. The lowest BCUT2D eigenvalue weighted by molar-refractivity contribution is 0.0227. The van der Waals surface area contributed by atoms with E-state index in [2.05, 4.69) is 17.9 Å². The van der Waals surface area contributed by atoms with Crippen LogP contribution in [0.4, 0.5) is 0 Å². The van der Waals surface area contributed by atoms with Crippen LogP contribution >= 0.6 is 0 Å². The molecular formula is C18H27NO2. The Morgan fingerprint density at radius 2 is 2.10 bits per heavy atom. The molecule has 0 bridgehead atoms. The second-order valence-corrected chi connectivity index (χ2v) is 6.50. The van der Waals surface area contributed by atoms with Gasteiger partial charge in [-0.3, -0.25) is 4.90 Å². The van der Waals surface area contributed by atoms with Crippen LogP contribution in [0.2, 0.25) is 0 Å². The van der Waals surface area contributed by atoms with Crippen molar-refractivity contribution in [2.45, 2.75) is 51.2 Å². The lowest BCUT2D eigenvalue weighted by Crippen LogP contribution is -2.45. The molecule has 3 rings (SSSR count). The van der Waals surface area contributed by atoms with Gasteiger partial charge >= 0.3 is 0 Å². The van der Waals surface area contributed by atoms with E-state index in [9.17, 15) is 5.11 Å². The van der Waals surface area contributed by atoms with Gasteiger partial charge in [-0.25, -0.2) is 0 Å². The van der Waals surface area contributed by atoms with Crippen LogP contribution in [-0.4, -0.2) is 36.2 Å². The Labute approximate surface area is 127 Å². The summed E-state index contributed by atoms with van der Waals surface area (Å²) in [6.45, 7) is 4.39. The Bertz CT molecular complexity index is 484. The number of benzene rings is 1. The summed E-state index contributed by atoms with van der Waals surface area (Å²) in [5.74, 6) is 1.69. The van der Waals surface area contributed by atoms with Crippen molar-refractivity contribution < 1.29 is 9.84 Å². The van der Waals surface area contributed by atoms with Crippen LogP contribution in [0.15, 0.2) is 18.2 Å². The largest absolute Gasteiger partial charge is 0.497 e. The van der Waals surface area contributed by atoms with Crippen LogP contribution in [0.25, 0.3) is 0 Å². The molecule has 1 aromatic carbocycles. The van der Waals surface area contributed by atoms with Crippen molar-refractivity contribution in [1.82, 2.24) is 4.90 Å². The van der Waals surface area contributed by atoms with Gasteiger partial charge in [0.25, 0.3) is 0 Å². The maximum atomic E-state index is 10.8. The lowest BCUT2D eigenvalue weighted by atomic mass is 9.82. The van der Waals surface area contributed by atoms with Crippen molar-refractivity contribution in [2.75, 3.05) is 20.2 Å². The minimum absolute atomic E-state index is 0.259. The van der Waals surface area contributed by atoms with Gasteiger partial charge in [0.15, 0.2) is 0 Å². The monoisotopic (exact) mass is 289 g/mol. The van der Waals surface area contributed by atoms with Crippen molar-refractivity contribution >= 4 is 0 Å². The van der Waals surface area contributed by atoms with E-state index in [4.69, 9.17) is 4.74 Å². The molecule has 3 heteroatoms. The van der Waals surface area contributed by atoms with Gasteiger partial charge in [0.1, 0.15) is 5.75 Å². The van der Waals surface area contributed by atoms with Gasteiger partial charge in [-0.1, -0.05) is 19.4 Å². The third kappa shape index (κ3) is 2.95. The highest BCUT2D eigenvalue weighted by atomic mass is 16.5. The summed E-state index contributed by atoms with van der Waals surface area (Å²) < 4.78 is 5.32. The van der Waals surface area contributed by atoms with Crippen molar-refractivity contribution in [3.8, 4) is 5.75 Å². The second kappa shape index (κ2) is 6.37. The average molecular weight is 289 g/mol. The SMILES string of the molecule is CCN(CC1CCC1)C1CCc2ccc(OC)cc2C1O. The van der Waals surface area contributed by atoms with Gasteiger partial charge < -0.3 is 9.84 Å². The average Bonchev–Trinajstić information content (AvgIpc) is 2.47. The number of ether oxygens (including phenoxy) is 1. The van der Waals surface area contributed by atoms with Gasteiger partial charge in [-0.2, -0.15) is 0 Å².